The number of methoxy groups -OCH3 is 1. The topological polar surface area (TPSA) is 76.1 Å². The van der Waals surface area contributed by atoms with Crippen LogP contribution in [0.4, 0.5) is 5.95 Å². The first-order chi connectivity index (χ1) is 8.39. The molecule has 0 unspecified atom stereocenters. The van der Waals surface area contributed by atoms with Gasteiger partial charge in [-0.1, -0.05) is 6.92 Å². The zero-order valence-corrected chi connectivity index (χ0v) is 11.5. The smallest absolute Gasteiger partial charge is 0.246 e. The summed E-state index contributed by atoms with van der Waals surface area (Å²) in [7, 11) is 1.52. The van der Waals surface area contributed by atoms with Gasteiger partial charge >= 0.3 is 0 Å². The van der Waals surface area contributed by atoms with E-state index >= 15 is 0 Å². The lowest BCUT2D eigenvalue weighted by Gasteiger charge is -2.23. The highest BCUT2D eigenvalue weighted by molar-refractivity contribution is 5.96. The van der Waals surface area contributed by atoms with Gasteiger partial charge in [-0.15, -0.1) is 0 Å². The molecule has 18 heavy (non-hydrogen) atoms. The van der Waals surface area contributed by atoms with Crippen molar-refractivity contribution in [2.45, 2.75) is 33.2 Å². The number of carbonyl (C=O) groups is 1. The minimum Gasteiger partial charge on any atom is -0.481 e. The van der Waals surface area contributed by atoms with Crippen molar-refractivity contribution in [1.29, 1.82) is 0 Å². The Morgan fingerprint density at radius 1 is 1.44 bits per heavy atom. The maximum atomic E-state index is 12.0. The highest BCUT2D eigenvalue weighted by Gasteiger charge is 2.26. The number of aryl methyl sites for hydroxylation is 1. The lowest BCUT2D eigenvalue weighted by Crippen LogP contribution is -2.49. The van der Waals surface area contributed by atoms with Crippen molar-refractivity contribution in [3.05, 3.63) is 11.8 Å². The molecule has 0 spiro atoms. The summed E-state index contributed by atoms with van der Waals surface area (Å²) in [5.41, 5.74) is 0.0631. The average Bonchev–Trinajstić information content (AvgIpc) is 2.27. The van der Waals surface area contributed by atoms with E-state index < -0.39 is 5.54 Å². The Morgan fingerprint density at radius 2 is 2.11 bits per heavy atom. The number of amides is 1. The lowest BCUT2D eigenvalue weighted by molar-refractivity contribution is -0.121. The summed E-state index contributed by atoms with van der Waals surface area (Å²) >= 11 is 0. The van der Waals surface area contributed by atoms with Crippen LogP contribution in [-0.2, 0) is 4.79 Å². The number of nitrogens with zero attached hydrogens (tertiary/aromatic N) is 2. The summed E-state index contributed by atoms with van der Waals surface area (Å²) in [4.78, 5) is 20.3. The van der Waals surface area contributed by atoms with E-state index in [1.165, 1.54) is 7.11 Å². The minimum atomic E-state index is -0.672. The molecule has 6 heteroatoms. The largest absolute Gasteiger partial charge is 0.481 e. The van der Waals surface area contributed by atoms with Gasteiger partial charge < -0.3 is 10.1 Å². The summed E-state index contributed by atoms with van der Waals surface area (Å²) in [6.07, 6.45) is 0. The zero-order valence-electron chi connectivity index (χ0n) is 11.5. The van der Waals surface area contributed by atoms with Crippen molar-refractivity contribution >= 4 is 11.9 Å². The maximum absolute atomic E-state index is 12.0. The van der Waals surface area contributed by atoms with E-state index in [9.17, 15) is 4.79 Å². The third-order valence-corrected chi connectivity index (χ3v) is 2.45. The molecule has 0 bridgehead atoms. The standard InChI is InChI=1S/C12H20N4O2/c1-6-13-12(3,4)10(17)16-11-14-8(2)7-9(15-11)18-5/h7,13H,6H2,1-5H3,(H,14,15,16,17). The van der Waals surface area contributed by atoms with Crippen LogP contribution >= 0.6 is 0 Å². The van der Waals surface area contributed by atoms with Crippen molar-refractivity contribution in [3.63, 3.8) is 0 Å². The van der Waals surface area contributed by atoms with Crippen molar-refractivity contribution in [2.24, 2.45) is 0 Å². The molecule has 2 N–H and O–H groups in total. The fraction of sp³-hybridized carbons (Fsp3) is 0.583. The molecule has 1 rings (SSSR count). The highest BCUT2D eigenvalue weighted by Crippen LogP contribution is 2.13. The lowest BCUT2D eigenvalue weighted by atomic mass is 10.1. The Morgan fingerprint density at radius 3 is 2.67 bits per heavy atom. The number of nitrogens with one attached hydrogen (secondary N) is 2. The Labute approximate surface area is 107 Å². The van der Waals surface area contributed by atoms with Gasteiger partial charge in [0.1, 0.15) is 0 Å². The second-order valence-corrected chi connectivity index (χ2v) is 4.48. The molecule has 0 fully saturated rings. The number of hydrogen-bond donors (Lipinski definition) is 2. The molecule has 0 atom stereocenters. The van der Waals surface area contributed by atoms with Crippen molar-refractivity contribution in [3.8, 4) is 5.88 Å². The number of anilines is 1. The van der Waals surface area contributed by atoms with Gasteiger partial charge in [-0.25, -0.2) is 4.98 Å². The molecule has 100 valence electrons. The molecule has 1 heterocycles. The van der Waals surface area contributed by atoms with E-state index in [1.807, 2.05) is 13.8 Å². The summed E-state index contributed by atoms with van der Waals surface area (Å²) < 4.78 is 5.03. The fourth-order valence-electron chi connectivity index (χ4n) is 1.48. The third-order valence-electron chi connectivity index (χ3n) is 2.45. The van der Waals surface area contributed by atoms with Gasteiger partial charge in [-0.2, -0.15) is 4.98 Å². The SMILES string of the molecule is CCNC(C)(C)C(=O)Nc1nc(C)cc(OC)n1. The molecular weight excluding hydrogens is 232 g/mol. The predicted octanol–water partition coefficient (Wildman–Crippen LogP) is 1.12. The van der Waals surface area contributed by atoms with Crippen molar-refractivity contribution in [2.75, 3.05) is 19.0 Å². The minimum absolute atomic E-state index is 0.183. The molecule has 1 aromatic rings. The van der Waals surface area contributed by atoms with Crippen LogP contribution in [0.5, 0.6) is 5.88 Å². The Kier molecular flexibility index (Phi) is 4.61. The second-order valence-electron chi connectivity index (χ2n) is 4.48. The van der Waals surface area contributed by atoms with Gasteiger partial charge in [-0.05, 0) is 27.3 Å². The third kappa shape index (κ3) is 3.66. The maximum Gasteiger partial charge on any atom is 0.246 e. The molecule has 0 aromatic carbocycles. The Balaban J connectivity index is 2.84. The molecule has 0 aliphatic heterocycles. The number of carbonyl (C=O) groups excluding carboxylic acids is 1. The van der Waals surface area contributed by atoms with E-state index in [0.717, 1.165) is 5.69 Å². The fourth-order valence-corrected chi connectivity index (χ4v) is 1.48. The van der Waals surface area contributed by atoms with Crippen LogP contribution in [0.1, 0.15) is 26.5 Å². The quantitative estimate of drug-likeness (QED) is 0.821. The van der Waals surface area contributed by atoms with Crippen LogP contribution < -0.4 is 15.4 Å². The van der Waals surface area contributed by atoms with Crippen LogP contribution in [0, 0.1) is 6.92 Å². The predicted molar refractivity (Wildman–Crippen MR) is 69.7 cm³/mol. The van der Waals surface area contributed by atoms with Crippen molar-refractivity contribution < 1.29 is 9.53 Å². The van der Waals surface area contributed by atoms with E-state index in [2.05, 4.69) is 20.6 Å². The Hall–Kier alpha value is -1.69. The first-order valence-electron chi connectivity index (χ1n) is 5.85. The van der Waals surface area contributed by atoms with E-state index in [0.29, 0.717) is 12.4 Å². The summed E-state index contributed by atoms with van der Waals surface area (Å²) in [6, 6.07) is 1.70. The molecule has 0 saturated carbocycles. The Bertz CT molecular complexity index is 432. The number of aromatic nitrogens is 2. The molecule has 0 aliphatic carbocycles. The molecule has 1 amide bonds. The van der Waals surface area contributed by atoms with Gasteiger partial charge in [0.2, 0.25) is 17.7 Å². The van der Waals surface area contributed by atoms with E-state index in [1.54, 1.807) is 19.9 Å². The van der Waals surface area contributed by atoms with Crippen LogP contribution in [-0.4, -0.2) is 35.1 Å². The monoisotopic (exact) mass is 252 g/mol. The van der Waals surface area contributed by atoms with Crippen LogP contribution in [0.25, 0.3) is 0 Å². The number of rotatable bonds is 5. The van der Waals surface area contributed by atoms with Crippen molar-refractivity contribution in [1.82, 2.24) is 15.3 Å². The molecule has 0 radical (unpaired) electrons. The first kappa shape index (κ1) is 14.4. The van der Waals surface area contributed by atoms with E-state index in [-0.39, 0.29) is 11.9 Å². The van der Waals surface area contributed by atoms with Gasteiger partial charge in [0.15, 0.2) is 0 Å². The van der Waals surface area contributed by atoms with Gasteiger partial charge in [0, 0.05) is 11.8 Å². The van der Waals surface area contributed by atoms with Crippen LogP contribution in [0.3, 0.4) is 0 Å². The normalized spacial score (nSPS) is 11.2. The molecular formula is C12H20N4O2. The average molecular weight is 252 g/mol. The number of ether oxygens (including phenoxy) is 1. The number of likely N-dealkylation sites (N-methyl/N-ethyl adjacent to an activating group) is 1. The first-order valence-corrected chi connectivity index (χ1v) is 5.85. The molecule has 1 aromatic heterocycles. The summed E-state index contributed by atoms with van der Waals surface area (Å²) in [6.45, 7) is 8.08. The second kappa shape index (κ2) is 5.77. The summed E-state index contributed by atoms with van der Waals surface area (Å²) in [5.74, 6) is 0.499. The zero-order chi connectivity index (χ0) is 13.8. The molecule has 0 saturated heterocycles. The van der Waals surface area contributed by atoms with Gasteiger partial charge in [-0.3, -0.25) is 10.1 Å². The molecule has 0 aliphatic rings. The van der Waals surface area contributed by atoms with Crippen LogP contribution in [0.15, 0.2) is 6.07 Å². The summed E-state index contributed by atoms with van der Waals surface area (Å²) in [5, 5.41) is 5.77. The van der Waals surface area contributed by atoms with Gasteiger partial charge in [0.05, 0.1) is 12.6 Å². The number of hydrogen-bond acceptors (Lipinski definition) is 5. The van der Waals surface area contributed by atoms with Crippen LogP contribution in [0.2, 0.25) is 0 Å². The van der Waals surface area contributed by atoms with Gasteiger partial charge in [0.25, 0.3) is 0 Å². The molecule has 6 nitrogen and oxygen atoms in total. The highest BCUT2D eigenvalue weighted by atomic mass is 16.5. The van der Waals surface area contributed by atoms with E-state index in [4.69, 9.17) is 4.74 Å².